The number of rotatable bonds is 4. The van der Waals surface area contributed by atoms with Crippen LogP contribution in [0.25, 0.3) is 0 Å². The number of anilines is 2. The summed E-state index contributed by atoms with van der Waals surface area (Å²) in [4.78, 5) is 35.0. The average Bonchev–Trinajstić information content (AvgIpc) is 2.66. The van der Waals surface area contributed by atoms with Crippen molar-refractivity contribution < 1.29 is 24.6 Å². The number of benzene rings is 2. The summed E-state index contributed by atoms with van der Waals surface area (Å²) in [6.45, 7) is 5.47. The lowest BCUT2D eigenvalue weighted by Crippen LogP contribution is -2.37. The molecule has 0 radical (unpaired) electrons. The van der Waals surface area contributed by atoms with E-state index in [4.69, 9.17) is 19.8 Å². The molecule has 7 nitrogen and oxygen atoms in total. The van der Waals surface area contributed by atoms with Gasteiger partial charge in [0.05, 0.1) is 17.9 Å². The van der Waals surface area contributed by atoms with Gasteiger partial charge in [0.15, 0.2) is 0 Å². The topological polar surface area (TPSA) is 107 Å². The van der Waals surface area contributed by atoms with Crippen LogP contribution in [0.3, 0.4) is 0 Å². The number of carbonyl (C=O) groups is 3. The van der Waals surface area contributed by atoms with Crippen LogP contribution in [0.2, 0.25) is 0 Å². The number of fused-ring (bicyclic) bond motifs is 2. The van der Waals surface area contributed by atoms with E-state index < -0.39 is 11.9 Å². The van der Waals surface area contributed by atoms with Crippen LogP contribution in [-0.4, -0.2) is 41.1 Å². The maximum Gasteiger partial charge on any atom is 0.414 e. The number of nitrogens with zero attached hydrogens (tertiary/aromatic N) is 1. The molecule has 1 heterocycles. The predicted octanol–water partition coefficient (Wildman–Crippen LogP) is 3.22. The fraction of sp³-hybridized carbons (Fsp3) is 0.250. The van der Waals surface area contributed by atoms with Gasteiger partial charge < -0.3 is 15.5 Å². The summed E-state index contributed by atoms with van der Waals surface area (Å²) in [5, 5.41) is 18.0. The molecule has 1 aliphatic heterocycles. The van der Waals surface area contributed by atoms with Gasteiger partial charge in [-0.15, -0.1) is 0 Å². The lowest BCUT2D eigenvalue weighted by molar-refractivity contribution is -0.159. The normalized spacial score (nSPS) is 11.8. The highest BCUT2D eigenvalue weighted by Gasteiger charge is 2.27. The number of para-hydroxylation sites is 2. The molecule has 3 N–H and O–H groups in total. The van der Waals surface area contributed by atoms with Crippen molar-refractivity contribution in [1.29, 1.82) is 0 Å². The minimum absolute atomic E-state index is 0.0841. The highest BCUT2D eigenvalue weighted by molar-refractivity contribution is 7.99. The monoisotopic (exact) mass is 402 g/mol. The van der Waals surface area contributed by atoms with Crippen molar-refractivity contribution in [2.45, 2.75) is 23.6 Å². The number of carboxylic acid groups (broad SMARTS) is 2. The third kappa shape index (κ3) is 5.58. The van der Waals surface area contributed by atoms with Gasteiger partial charge in [-0.1, -0.05) is 49.9 Å². The van der Waals surface area contributed by atoms with E-state index in [-0.39, 0.29) is 5.91 Å². The fourth-order valence-corrected chi connectivity index (χ4v) is 3.58. The van der Waals surface area contributed by atoms with Gasteiger partial charge in [-0.05, 0) is 36.7 Å². The number of carboxylic acids is 2. The van der Waals surface area contributed by atoms with Crippen molar-refractivity contribution >= 4 is 41.0 Å². The molecule has 8 heteroatoms. The van der Waals surface area contributed by atoms with Crippen molar-refractivity contribution in [3.8, 4) is 0 Å². The molecule has 2 aromatic rings. The van der Waals surface area contributed by atoms with E-state index in [2.05, 4.69) is 31.3 Å². The van der Waals surface area contributed by atoms with Gasteiger partial charge in [-0.2, -0.15) is 0 Å². The first-order valence-corrected chi connectivity index (χ1v) is 9.48. The van der Waals surface area contributed by atoms with Crippen molar-refractivity contribution in [3.63, 3.8) is 0 Å². The molecular weight excluding hydrogens is 380 g/mol. The number of aliphatic carboxylic acids is 2. The molecule has 0 bridgehead atoms. The number of carbonyl (C=O) groups excluding carboxylic acids is 1. The van der Waals surface area contributed by atoms with Gasteiger partial charge in [-0.25, -0.2) is 9.59 Å². The molecule has 148 valence electrons. The summed E-state index contributed by atoms with van der Waals surface area (Å²) in [5.74, 6) is -3.03. The van der Waals surface area contributed by atoms with Crippen molar-refractivity contribution in [2.75, 3.05) is 18.0 Å². The van der Waals surface area contributed by atoms with Crippen LogP contribution in [0.1, 0.15) is 13.8 Å². The first-order valence-electron chi connectivity index (χ1n) is 8.67. The SMILES string of the molecule is CC(C)CNCC(=O)N1c2ccccc2Sc2ccccc21.O=C(O)C(=O)O. The summed E-state index contributed by atoms with van der Waals surface area (Å²) in [6.07, 6.45) is 0. The van der Waals surface area contributed by atoms with Gasteiger partial charge >= 0.3 is 11.9 Å². The molecule has 2 aromatic carbocycles. The van der Waals surface area contributed by atoms with E-state index in [0.717, 1.165) is 27.7 Å². The van der Waals surface area contributed by atoms with Crippen LogP contribution in [0.5, 0.6) is 0 Å². The van der Waals surface area contributed by atoms with Crippen molar-refractivity contribution in [2.24, 2.45) is 5.92 Å². The van der Waals surface area contributed by atoms with E-state index in [9.17, 15) is 4.79 Å². The van der Waals surface area contributed by atoms with Crippen molar-refractivity contribution in [1.82, 2.24) is 5.32 Å². The molecule has 3 rings (SSSR count). The third-order valence-electron chi connectivity index (χ3n) is 3.69. The molecule has 1 amide bonds. The Hall–Kier alpha value is -2.84. The Bertz CT molecular complexity index is 812. The molecule has 0 aliphatic carbocycles. The van der Waals surface area contributed by atoms with Gasteiger partial charge in [0.2, 0.25) is 5.91 Å². The van der Waals surface area contributed by atoms with Crippen LogP contribution in [0.4, 0.5) is 11.4 Å². The van der Waals surface area contributed by atoms with Gasteiger partial charge in [0.1, 0.15) is 0 Å². The fourth-order valence-electron chi connectivity index (χ4n) is 2.52. The molecular formula is C20H22N2O5S. The smallest absolute Gasteiger partial charge is 0.414 e. The van der Waals surface area contributed by atoms with E-state index in [0.29, 0.717) is 12.5 Å². The molecule has 1 aliphatic rings. The summed E-state index contributed by atoms with van der Waals surface area (Å²) in [6, 6.07) is 16.1. The van der Waals surface area contributed by atoms with E-state index >= 15 is 0 Å². The average molecular weight is 402 g/mol. The molecule has 0 spiro atoms. The van der Waals surface area contributed by atoms with Crippen molar-refractivity contribution in [3.05, 3.63) is 48.5 Å². The number of hydrogen-bond donors (Lipinski definition) is 3. The second-order valence-corrected chi connectivity index (χ2v) is 7.49. The summed E-state index contributed by atoms with van der Waals surface area (Å²) in [5.41, 5.74) is 1.95. The van der Waals surface area contributed by atoms with Gasteiger partial charge in [0, 0.05) is 9.79 Å². The predicted molar refractivity (Wildman–Crippen MR) is 107 cm³/mol. The molecule has 0 atom stereocenters. The first-order chi connectivity index (χ1) is 13.3. The van der Waals surface area contributed by atoms with Gasteiger partial charge in [0.25, 0.3) is 0 Å². The zero-order valence-corrected chi connectivity index (χ0v) is 16.4. The first kappa shape index (κ1) is 21.5. The van der Waals surface area contributed by atoms with Crippen LogP contribution < -0.4 is 10.2 Å². The Kier molecular flexibility index (Phi) is 7.60. The Morgan fingerprint density at radius 3 is 1.82 bits per heavy atom. The number of nitrogens with one attached hydrogen (secondary N) is 1. The zero-order chi connectivity index (χ0) is 20.7. The maximum atomic E-state index is 12.8. The quantitative estimate of drug-likeness (QED) is 0.674. The minimum Gasteiger partial charge on any atom is -0.473 e. The van der Waals surface area contributed by atoms with Crippen LogP contribution in [0, 0.1) is 5.92 Å². The lowest BCUT2D eigenvalue weighted by atomic mass is 10.2. The Labute approximate surface area is 167 Å². The van der Waals surface area contributed by atoms with E-state index in [1.54, 1.807) is 11.8 Å². The molecule has 0 aromatic heterocycles. The Balaban J connectivity index is 0.000000409. The summed E-state index contributed by atoms with van der Waals surface area (Å²) >= 11 is 1.72. The Morgan fingerprint density at radius 2 is 1.39 bits per heavy atom. The number of amides is 1. The van der Waals surface area contributed by atoms with E-state index in [1.807, 2.05) is 41.3 Å². The van der Waals surface area contributed by atoms with Crippen LogP contribution in [-0.2, 0) is 14.4 Å². The summed E-state index contributed by atoms with van der Waals surface area (Å²) in [7, 11) is 0. The van der Waals surface area contributed by atoms with Gasteiger partial charge in [-0.3, -0.25) is 9.69 Å². The van der Waals surface area contributed by atoms with E-state index in [1.165, 1.54) is 0 Å². The third-order valence-corrected chi connectivity index (χ3v) is 4.82. The summed E-state index contributed by atoms with van der Waals surface area (Å²) < 4.78 is 0. The molecule has 0 unspecified atom stereocenters. The largest absolute Gasteiger partial charge is 0.473 e. The zero-order valence-electron chi connectivity index (χ0n) is 15.6. The Morgan fingerprint density at radius 1 is 0.929 bits per heavy atom. The minimum atomic E-state index is -1.82. The second-order valence-electron chi connectivity index (χ2n) is 6.40. The lowest BCUT2D eigenvalue weighted by Gasteiger charge is -2.31. The van der Waals surface area contributed by atoms with Crippen LogP contribution >= 0.6 is 11.8 Å². The molecule has 0 saturated heterocycles. The highest BCUT2D eigenvalue weighted by Crippen LogP contribution is 2.47. The maximum absolute atomic E-state index is 12.8. The molecule has 0 saturated carbocycles. The number of hydrogen-bond acceptors (Lipinski definition) is 5. The molecule has 28 heavy (non-hydrogen) atoms. The molecule has 0 fully saturated rings. The standard InChI is InChI=1S/C18H20N2OS.C2H2O4/c1-13(2)11-19-12-18(21)20-14-7-3-5-9-16(14)22-17-10-6-4-8-15(17)20;3-1(4)2(5)6/h3-10,13,19H,11-12H2,1-2H3;(H,3,4)(H,5,6). The van der Waals surface area contributed by atoms with Crippen LogP contribution in [0.15, 0.2) is 58.3 Å². The highest BCUT2D eigenvalue weighted by atomic mass is 32.2. The second kappa shape index (κ2) is 9.91.